The fourth-order valence-corrected chi connectivity index (χ4v) is 7.51. The van der Waals surface area contributed by atoms with Crippen LogP contribution < -0.4 is 0 Å². The first-order valence-corrected chi connectivity index (χ1v) is 27.8. The van der Waals surface area contributed by atoms with Crippen LogP contribution in [0.5, 0.6) is 0 Å². The summed E-state index contributed by atoms with van der Waals surface area (Å²) in [5.41, 5.74) is 0. The molecule has 378 valence electrons. The van der Waals surface area contributed by atoms with Crippen molar-refractivity contribution in [1.29, 1.82) is 0 Å². The van der Waals surface area contributed by atoms with Crippen molar-refractivity contribution < 1.29 is 23.8 Å². The molecule has 0 aromatic carbocycles. The number of esters is 2. The third-order valence-electron chi connectivity index (χ3n) is 11.6. The molecule has 0 saturated carbocycles. The molecule has 0 bridgehead atoms. The summed E-state index contributed by atoms with van der Waals surface area (Å²) in [6, 6.07) is 0. The van der Waals surface area contributed by atoms with E-state index in [4.69, 9.17) is 14.2 Å². The van der Waals surface area contributed by atoms with Crippen LogP contribution in [-0.2, 0) is 23.8 Å². The average molecular weight is 917 g/mol. The Bertz CT molecular complexity index is 1270. The Kier molecular flexibility index (Phi) is 53.4. The molecule has 0 rings (SSSR count). The predicted molar refractivity (Wildman–Crippen MR) is 288 cm³/mol. The summed E-state index contributed by atoms with van der Waals surface area (Å²) in [6.45, 7) is 7.55. The molecule has 1 atom stereocenters. The van der Waals surface area contributed by atoms with Gasteiger partial charge in [0.15, 0.2) is 6.10 Å². The van der Waals surface area contributed by atoms with E-state index in [-0.39, 0.29) is 25.2 Å². The molecule has 0 aromatic rings. The van der Waals surface area contributed by atoms with E-state index in [9.17, 15) is 9.59 Å². The number of hydrogen-bond donors (Lipinski definition) is 0. The molecule has 0 aliphatic heterocycles. The van der Waals surface area contributed by atoms with Crippen LogP contribution in [0.4, 0.5) is 0 Å². The maximum Gasteiger partial charge on any atom is 0.306 e. The monoisotopic (exact) mass is 917 g/mol. The minimum atomic E-state index is -0.558. The fraction of sp³-hybridized carbons (Fsp3) is 0.705. The number of allylic oxidation sites excluding steroid dienone is 16. The highest BCUT2D eigenvalue weighted by molar-refractivity contribution is 5.70. The van der Waals surface area contributed by atoms with Gasteiger partial charge in [-0.15, -0.1) is 0 Å². The second-order valence-electron chi connectivity index (χ2n) is 18.1. The van der Waals surface area contributed by atoms with Crippen LogP contribution in [0.3, 0.4) is 0 Å². The molecule has 0 saturated heterocycles. The molecular weight excluding hydrogens is 813 g/mol. The summed E-state index contributed by atoms with van der Waals surface area (Å²) in [5, 5.41) is 0. The van der Waals surface area contributed by atoms with Gasteiger partial charge in [0, 0.05) is 19.4 Å². The molecule has 0 radical (unpaired) electrons. The highest BCUT2D eigenvalue weighted by Gasteiger charge is 2.17. The van der Waals surface area contributed by atoms with Crippen molar-refractivity contribution in [3.05, 3.63) is 97.2 Å². The minimum Gasteiger partial charge on any atom is -0.462 e. The molecule has 5 heteroatoms. The van der Waals surface area contributed by atoms with Gasteiger partial charge >= 0.3 is 11.9 Å². The lowest BCUT2D eigenvalue weighted by atomic mass is 10.1. The van der Waals surface area contributed by atoms with E-state index < -0.39 is 6.10 Å². The standard InChI is InChI=1S/C61H104O5/c1-4-7-10-13-16-19-22-25-28-30-32-35-38-41-44-47-50-53-56-64-57-59(66-61(63)55-52-49-46-43-40-37-33-27-24-21-18-15-12-9-6-3)58-65-60(62)54-51-48-45-42-39-36-34-31-29-26-23-20-17-14-11-8-5-2/h7,9-10,12,16-21,25-29,33,59H,4-6,8,11,13-15,22-24,30-32,34-58H2,1-3H3/b10-7-,12-9-,19-16-,20-17-,21-18-,28-25-,29-26-,33-27-. The van der Waals surface area contributed by atoms with E-state index in [1.165, 1.54) is 116 Å². The molecular formula is C61H104O5. The molecule has 66 heavy (non-hydrogen) atoms. The number of unbranched alkanes of at least 4 members (excludes halogenated alkanes) is 23. The first-order valence-electron chi connectivity index (χ1n) is 27.8. The van der Waals surface area contributed by atoms with Gasteiger partial charge in [0.2, 0.25) is 0 Å². The molecule has 0 aliphatic carbocycles. The van der Waals surface area contributed by atoms with Gasteiger partial charge in [-0.2, -0.15) is 0 Å². The lowest BCUT2D eigenvalue weighted by molar-refractivity contribution is -0.163. The van der Waals surface area contributed by atoms with Gasteiger partial charge in [0.05, 0.1) is 6.61 Å². The average Bonchev–Trinajstić information content (AvgIpc) is 3.32. The van der Waals surface area contributed by atoms with Crippen molar-refractivity contribution in [2.45, 2.75) is 258 Å². The van der Waals surface area contributed by atoms with Crippen LogP contribution in [-0.4, -0.2) is 37.9 Å². The summed E-state index contributed by atoms with van der Waals surface area (Å²) in [6.07, 6.45) is 75.6. The van der Waals surface area contributed by atoms with Crippen LogP contribution in [0, 0.1) is 0 Å². The molecule has 0 heterocycles. The molecule has 0 fully saturated rings. The Hall–Kier alpha value is -3.18. The van der Waals surface area contributed by atoms with Crippen molar-refractivity contribution in [2.24, 2.45) is 0 Å². The summed E-state index contributed by atoms with van der Waals surface area (Å²) >= 11 is 0. The van der Waals surface area contributed by atoms with Gasteiger partial charge in [0.1, 0.15) is 6.61 Å². The van der Waals surface area contributed by atoms with Crippen molar-refractivity contribution >= 4 is 11.9 Å². The van der Waals surface area contributed by atoms with E-state index in [0.717, 1.165) is 103 Å². The molecule has 5 nitrogen and oxygen atoms in total. The zero-order valence-electron chi connectivity index (χ0n) is 43.4. The summed E-state index contributed by atoms with van der Waals surface area (Å²) in [5.74, 6) is -0.429. The van der Waals surface area contributed by atoms with Crippen LogP contribution in [0.1, 0.15) is 252 Å². The molecule has 0 aliphatic rings. The highest BCUT2D eigenvalue weighted by Crippen LogP contribution is 2.14. The third-order valence-corrected chi connectivity index (χ3v) is 11.6. The molecule has 0 amide bonds. The van der Waals surface area contributed by atoms with E-state index in [1.54, 1.807) is 0 Å². The summed E-state index contributed by atoms with van der Waals surface area (Å²) in [7, 11) is 0. The first kappa shape index (κ1) is 62.8. The Balaban J connectivity index is 4.33. The lowest BCUT2D eigenvalue weighted by Gasteiger charge is -2.18. The Labute approximate surface area is 409 Å². The maximum atomic E-state index is 12.8. The van der Waals surface area contributed by atoms with Gasteiger partial charge in [0.25, 0.3) is 0 Å². The predicted octanol–water partition coefficient (Wildman–Crippen LogP) is 19.0. The second-order valence-corrected chi connectivity index (χ2v) is 18.1. The van der Waals surface area contributed by atoms with E-state index in [0.29, 0.717) is 19.4 Å². The largest absolute Gasteiger partial charge is 0.462 e. The highest BCUT2D eigenvalue weighted by atomic mass is 16.6. The first-order chi connectivity index (χ1) is 32.6. The maximum absolute atomic E-state index is 12.8. The van der Waals surface area contributed by atoms with Gasteiger partial charge in [-0.3, -0.25) is 9.59 Å². The normalized spacial score (nSPS) is 13.0. The lowest BCUT2D eigenvalue weighted by Crippen LogP contribution is -2.30. The summed E-state index contributed by atoms with van der Waals surface area (Å²) in [4.78, 5) is 25.5. The van der Waals surface area contributed by atoms with E-state index in [2.05, 4.69) is 118 Å². The van der Waals surface area contributed by atoms with Crippen molar-refractivity contribution in [3.63, 3.8) is 0 Å². The number of rotatable bonds is 50. The number of ether oxygens (including phenoxy) is 3. The minimum absolute atomic E-state index is 0.0667. The van der Waals surface area contributed by atoms with Gasteiger partial charge < -0.3 is 14.2 Å². The second kappa shape index (κ2) is 56.1. The quantitative estimate of drug-likeness (QED) is 0.0346. The molecule has 0 spiro atoms. The smallest absolute Gasteiger partial charge is 0.306 e. The molecule has 0 N–H and O–H groups in total. The van der Waals surface area contributed by atoms with Crippen LogP contribution in [0.25, 0.3) is 0 Å². The SMILES string of the molecule is CC/C=C\C/C=C\C/C=C\CCCCCCCCCCOCC(COC(=O)CCCCCCCCC/C=C\C/C=C\CCCCC)OC(=O)CCCCCCC/C=C\C/C=C\C/C=C\CC. The number of carbonyl (C=O) groups is 2. The fourth-order valence-electron chi connectivity index (χ4n) is 7.51. The van der Waals surface area contributed by atoms with Crippen molar-refractivity contribution in [3.8, 4) is 0 Å². The number of carbonyl (C=O) groups excluding carboxylic acids is 2. The van der Waals surface area contributed by atoms with Gasteiger partial charge in [-0.1, -0.05) is 221 Å². The van der Waals surface area contributed by atoms with Crippen molar-refractivity contribution in [1.82, 2.24) is 0 Å². The Morgan fingerprint density at radius 3 is 1.09 bits per heavy atom. The van der Waals surface area contributed by atoms with E-state index in [1.807, 2.05) is 0 Å². The van der Waals surface area contributed by atoms with Crippen LogP contribution in [0.2, 0.25) is 0 Å². The van der Waals surface area contributed by atoms with Crippen molar-refractivity contribution in [2.75, 3.05) is 19.8 Å². The molecule has 0 aromatic heterocycles. The Morgan fingerprint density at radius 2 is 0.682 bits per heavy atom. The van der Waals surface area contributed by atoms with Crippen LogP contribution in [0.15, 0.2) is 97.2 Å². The topological polar surface area (TPSA) is 61.8 Å². The summed E-state index contributed by atoms with van der Waals surface area (Å²) < 4.78 is 17.4. The third kappa shape index (κ3) is 53.4. The zero-order chi connectivity index (χ0) is 47.7. The number of hydrogen-bond acceptors (Lipinski definition) is 5. The van der Waals surface area contributed by atoms with Crippen LogP contribution >= 0.6 is 0 Å². The zero-order valence-corrected chi connectivity index (χ0v) is 43.4. The van der Waals surface area contributed by atoms with E-state index >= 15 is 0 Å². The molecule has 1 unspecified atom stereocenters. The Morgan fingerprint density at radius 1 is 0.348 bits per heavy atom. The van der Waals surface area contributed by atoms with Gasteiger partial charge in [-0.05, 0) is 116 Å². The van der Waals surface area contributed by atoms with Gasteiger partial charge in [-0.25, -0.2) is 0 Å².